The quantitative estimate of drug-likeness (QED) is 0.613. The highest BCUT2D eigenvalue weighted by atomic mass is 35.5. The number of rotatable bonds is 6. The van der Waals surface area contributed by atoms with Crippen LogP contribution in [0.2, 0.25) is 5.15 Å². The normalized spacial score (nSPS) is 12.3. The van der Waals surface area contributed by atoms with Crippen molar-refractivity contribution in [1.29, 1.82) is 0 Å². The van der Waals surface area contributed by atoms with Crippen LogP contribution in [0.25, 0.3) is 0 Å². The number of hydrogen-bond donors (Lipinski definition) is 0. The minimum absolute atomic E-state index is 0.224. The van der Waals surface area contributed by atoms with Gasteiger partial charge in [0.25, 0.3) is 0 Å². The van der Waals surface area contributed by atoms with E-state index in [4.69, 9.17) is 16.1 Å². The molecule has 0 saturated carbocycles. The molecule has 0 aliphatic heterocycles. The number of benzene rings is 1. The smallest absolute Gasteiger partial charge is 0.231 e. The molecule has 2 heterocycles. The minimum Gasteiger partial charge on any atom is -0.339 e. The molecule has 130 valence electrons. The summed E-state index contributed by atoms with van der Waals surface area (Å²) in [6.45, 7) is 3.91. The zero-order valence-electron chi connectivity index (χ0n) is 14.0. The van der Waals surface area contributed by atoms with Gasteiger partial charge in [0.05, 0.1) is 17.9 Å². The average molecular weight is 376 g/mol. The molecule has 5 nitrogen and oxygen atoms in total. The maximum absolute atomic E-state index is 12.3. The van der Waals surface area contributed by atoms with Gasteiger partial charge in [-0.25, -0.2) is 4.98 Å². The van der Waals surface area contributed by atoms with E-state index in [0.29, 0.717) is 29.0 Å². The van der Waals surface area contributed by atoms with Crippen molar-refractivity contribution in [3.63, 3.8) is 0 Å². The van der Waals surface area contributed by atoms with E-state index in [1.165, 1.54) is 5.56 Å². The topological polar surface area (TPSA) is 68.9 Å². The predicted octanol–water partition coefficient (Wildman–Crippen LogP) is 3.77. The molecule has 0 spiro atoms. The molecule has 0 N–H and O–H groups in total. The summed E-state index contributed by atoms with van der Waals surface area (Å²) in [7, 11) is -1.19. The van der Waals surface area contributed by atoms with E-state index in [2.05, 4.69) is 15.1 Å². The lowest BCUT2D eigenvalue weighted by atomic mass is 10.1. The molecule has 1 aromatic carbocycles. The molecule has 3 aromatic rings. The first-order valence-electron chi connectivity index (χ1n) is 7.84. The van der Waals surface area contributed by atoms with Gasteiger partial charge in [-0.2, -0.15) is 4.98 Å². The summed E-state index contributed by atoms with van der Waals surface area (Å²) >= 11 is 6.09. The largest absolute Gasteiger partial charge is 0.339 e. The zero-order chi connectivity index (χ0) is 17.8. The van der Waals surface area contributed by atoms with Crippen LogP contribution < -0.4 is 0 Å². The average Bonchev–Trinajstić information content (AvgIpc) is 2.99. The van der Waals surface area contributed by atoms with E-state index in [1.807, 2.05) is 50.2 Å². The summed E-state index contributed by atoms with van der Waals surface area (Å²) in [6, 6.07) is 11.8. The fraction of sp³-hybridized carbons (Fsp3) is 0.278. The van der Waals surface area contributed by atoms with E-state index in [1.54, 1.807) is 0 Å². The maximum atomic E-state index is 12.3. The third-order valence-electron chi connectivity index (χ3n) is 3.78. The first-order valence-corrected chi connectivity index (χ1v) is 9.71. The molecule has 3 rings (SSSR count). The van der Waals surface area contributed by atoms with E-state index in [9.17, 15) is 4.21 Å². The van der Waals surface area contributed by atoms with E-state index in [0.717, 1.165) is 16.8 Å². The number of nitrogens with zero attached hydrogens (tertiary/aromatic N) is 3. The lowest BCUT2D eigenvalue weighted by molar-refractivity contribution is 0.380. The minimum atomic E-state index is -1.19. The second-order valence-electron chi connectivity index (χ2n) is 5.84. The fourth-order valence-corrected chi connectivity index (χ4v) is 3.85. The Morgan fingerprint density at radius 1 is 1.04 bits per heavy atom. The van der Waals surface area contributed by atoms with Gasteiger partial charge in [-0.15, -0.1) is 0 Å². The molecular weight excluding hydrogens is 358 g/mol. The molecule has 1 atom stereocenters. The molecule has 0 aliphatic rings. The van der Waals surface area contributed by atoms with Crippen LogP contribution in [0.4, 0.5) is 0 Å². The lowest BCUT2D eigenvalue weighted by Crippen LogP contribution is -2.03. The fourth-order valence-electron chi connectivity index (χ4n) is 2.42. The summed E-state index contributed by atoms with van der Waals surface area (Å²) in [4.78, 5) is 8.52. The molecule has 0 bridgehead atoms. The zero-order valence-corrected chi connectivity index (χ0v) is 15.6. The molecule has 7 heteroatoms. The van der Waals surface area contributed by atoms with Gasteiger partial charge in [0.2, 0.25) is 5.89 Å². The van der Waals surface area contributed by atoms with Crippen LogP contribution in [0.1, 0.15) is 34.1 Å². The number of aromatic nitrogens is 3. The summed E-state index contributed by atoms with van der Waals surface area (Å²) in [5.41, 5.74) is 3.90. The van der Waals surface area contributed by atoms with Crippen molar-refractivity contribution in [2.24, 2.45) is 0 Å². The molecule has 0 saturated heterocycles. The van der Waals surface area contributed by atoms with Gasteiger partial charge < -0.3 is 4.52 Å². The molecule has 0 radical (unpaired) electrons. The molecule has 2 aromatic heterocycles. The second kappa shape index (κ2) is 7.89. The summed E-state index contributed by atoms with van der Waals surface area (Å²) in [6.07, 6.45) is 0.569. The van der Waals surface area contributed by atoms with Gasteiger partial charge in [0.15, 0.2) is 5.82 Å². The van der Waals surface area contributed by atoms with Crippen LogP contribution in [0.3, 0.4) is 0 Å². The van der Waals surface area contributed by atoms with Gasteiger partial charge in [-0.1, -0.05) is 47.1 Å². The first-order chi connectivity index (χ1) is 12.0. The third kappa shape index (κ3) is 4.74. The summed E-state index contributed by atoms with van der Waals surface area (Å²) in [5.74, 6) is 1.50. The Labute approximate surface area is 153 Å². The number of aryl methyl sites for hydroxylation is 2. The van der Waals surface area contributed by atoms with Crippen LogP contribution >= 0.6 is 11.6 Å². The van der Waals surface area contributed by atoms with E-state index in [-0.39, 0.29) is 5.75 Å². The maximum Gasteiger partial charge on any atom is 0.231 e. The van der Waals surface area contributed by atoms with Gasteiger partial charge in [-0.05, 0) is 31.0 Å². The highest BCUT2D eigenvalue weighted by Crippen LogP contribution is 2.17. The van der Waals surface area contributed by atoms with Gasteiger partial charge in [0.1, 0.15) is 5.15 Å². The van der Waals surface area contributed by atoms with Gasteiger partial charge >= 0.3 is 0 Å². The van der Waals surface area contributed by atoms with E-state index < -0.39 is 10.8 Å². The highest BCUT2D eigenvalue weighted by molar-refractivity contribution is 7.83. The molecule has 0 fully saturated rings. The Hall–Kier alpha value is -2.05. The Kier molecular flexibility index (Phi) is 5.60. The number of hydrogen-bond acceptors (Lipinski definition) is 5. The second-order valence-corrected chi connectivity index (χ2v) is 7.65. The highest BCUT2D eigenvalue weighted by Gasteiger charge is 2.13. The van der Waals surface area contributed by atoms with Crippen LogP contribution in [0, 0.1) is 13.8 Å². The summed E-state index contributed by atoms with van der Waals surface area (Å²) < 4.78 is 17.6. The lowest BCUT2D eigenvalue weighted by Gasteiger charge is -2.03. The van der Waals surface area contributed by atoms with Crippen molar-refractivity contribution in [2.75, 3.05) is 0 Å². The van der Waals surface area contributed by atoms with Crippen molar-refractivity contribution in [1.82, 2.24) is 15.1 Å². The van der Waals surface area contributed by atoms with Crippen molar-refractivity contribution in [3.8, 4) is 0 Å². The Bertz CT molecular complexity index is 911. The molecule has 0 amide bonds. The standard InChI is InChI=1S/C18H18ClN3O2S/c1-12-5-3-4-6-14(12)9-17-21-16(22-24-17)11-25(23)10-15-8-7-13(2)20-18(15)19/h3-8H,9-11H2,1-2H3. The predicted molar refractivity (Wildman–Crippen MR) is 97.8 cm³/mol. The monoisotopic (exact) mass is 375 g/mol. The Morgan fingerprint density at radius 3 is 2.60 bits per heavy atom. The van der Waals surface area contributed by atoms with Crippen molar-refractivity contribution in [2.45, 2.75) is 31.8 Å². The van der Waals surface area contributed by atoms with Crippen LogP contribution in [-0.4, -0.2) is 19.3 Å². The summed E-state index contributed by atoms with van der Waals surface area (Å²) in [5, 5.41) is 4.32. The van der Waals surface area contributed by atoms with Crippen molar-refractivity contribution < 1.29 is 8.73 Å². The van der Waals surface area contributed by atoms with Crippen LogP contribution in [-0.2, 0) is 28.7 Å². The SMILES string of the molecule is Cc1ccc(CS(=O)Cc2noc(Cc3ccccc3C)n2)c(Cl)n1. The Morgan fingerprint density at radius 2 is 1.84 bits per heavy atom. The van der Waals surface area contributed by atoms with Crippen LogP contribution in [0.5, 0.6) is 0 Å². The Balaban J connectivity index is 1.63. The first kappa shape index (κ1) is 17.8. The molecule has 0 aliphatic carbocycles. The van der Waals surface area contributed by atoms with Gasteiger partial charge in [0, 0.05) is 22.1 Å². The van der Waals surface area contributed by atoms with Crippen molar-refractivity contribution >= 4 is 22.4 Å². The third-order valence-corrected chi connectivity index (χ3v) is 5.33. The van der Waals surface area contributed by atoms with Crippen LogP contribution in [0.15, 0.2) is 40.9 Å². The number of halogens is 1. The van der Waals surface area contributed by atoms with Gasteiger partial charge in [-0.3, -0.25) is 4.21 Å². The molecule has 25 heavy (non-hydrogen) atoms. The number of pyridine rings is 1. The van der Waals surface area contributed by atoms with E-state index >= 15 is 0 Å². The molecule has 1 unspecified atom stereocenters. The molecular formula is C18H18ClN3O2S. The van der Waals surface area contributed by atoms with Crippen molar-refractivity contribution in [3.05, 3.63) is 75.7 Å².